The topological polar surface area (TPSA) is 6.48 Å². The first kappa shape index (κ1) is 30.4. The summed E-state index contributed by atoms with van der Waals surface area (Å²) in [7, 11) is 0. The molecule has 0 bridgehead atoms. The van der Waals surface area contributed by atoms with Crippen molar-refractivity contribution >= 4 is 0 Å². The van der Waals surface area contributed by atoms with Gasteiger partial charge in [0.25, 0.3) is 0 Å². The van der Waals surface area contributed by atoms with Crippen LogP contribution >= 0.6 is 0 Å². The van der Waals surface area contributed by atoms with Crippen molar-refractivity contribution in [2.75, 3.05) is 13.1 Å². The van der Waals surface area contributed by atoms with Crippen LogP contribution in [0.1, 0.15) is 168 Å². The van der Waals surface area contributed by atoms with Gasteiger partial charge in [-0.2, -0.15) is 0 Å². The highest BCUT2D eigenvalue weighted by molar-refractivity contribution is 4.96. The maximum absolute atomic E-state index is 2.66. The minimum Gasteiger partial charge on any atom is -0.356 e. The molecule has 0 saturated carbocycles. The average molecular weight is 463 g/mol. The molecule has 0 aliphatic carbocycles. The molecule has 1 aliphatic heterocycles. The fraction of sp³-hybridized carbons (Fsp3) is 0.935. The predicted molar refractivity (Wildman–Crippen MR) is 150 cm³/mol. The van der Waals surface area contributed by atoms with Gasteiger partial charge < -0.3 is 9.80 Å². The Bertz CT molecular complexity index is 419. The van der Waals surface area contributed by atoms with E-state index in [1.54, 1.807) is 0 Å². The molecule has 0 N–H and O–H groups in total. The van der Waals surface area contributed by atoms with Crippen LogP contribution in [0.2, 0.25) is 0 Å². The molecule has 1 aliphatic rings. The lowest BCUT2D eigenvalue weighted by Gasteiger charge is -2.33. The van der Waals surface area contributed by atoms with Gasteiger partial charge in [-0.1, -0.05) is 143 Å². The molecule has 1 rings (SSSR count). The van der Waals surface area contributed by atoms with E-state index in [2.05, 4.69) is 43.0 Å². The molecule has 1 unspecified atom stereocenters. The quantitative estimate of drug-likeness (QED) is 0.124. The van der Waals surface area contributed by atoms with Crippen LogP contribution in [-0.4, -0.2) is 29.1 Å². The van der Waals surface area contributed by atoms with Crippen molar-refractivity contribution in [3.63, 3.8) is 0 Å². The van der Waals surface area contributed by atoms with Crippen LogP contribution in [0.15, 0.2) is 12.4 Å². The molecule has 2 heteroatoms. The summed E-state index contributed by atoms with van der Waals surface area (Å²) in [6.07, 6.45) is 38.1. The monoisotopic (exact) mass is 462 g/mol. The molecule has 0 aromatic carbocycles. The first-order valence-electron chi connectivity index (χ1n) is 15.5. The van der Waals surface area contributed by atoms with Crippen molar-refractivity contribution in [3.05, 3.63) is 12.4 Å². The molecule has 0 amide bonds. The Morgan fingerprint density at radius 1 is 0.394 bits per heavy atom. The van der Waals surface area contributed by atoms with Crippen LogP contribution in [0, 0.1) is 0 Å². The van der Waals surface area contributed by atoms with E-state index in [-0.39, 0.29) is 0 Å². The predicted octanol–water partition coefficient (Wildman–Crippen LogP) is 10.4. The zero-order valence-electron chi connectivity index (χ0n) is 23.3. The molecule has 0 aromatic heterocycles. The Morgan fingerprint density at radius 3 is 1.18 bits per heavy atom. The second kappa shape index (κ2) is 23.1. The Kier molecular flexibility index (Phi) is 21.3. The largest absolute Gasteiger partial charge is 0.356 e. The van der Waals surface area contributed by atoms with Gasteiger partial charge in [-0.05, 0) is 25.7 Å². The second-order valence-corrected chi connectivity index (χ2v) is 10.8. The van der Waals surface area contributed by atoms with Crippen LogP contribution in [0.4, 0.5) is 0 Å². The van der Waals surface area contributed by atoms with E-state index in [0.717, 1.165) is 0 Å². The van der Waals surface area contributed by atoms with Crippen LogP contribution < -0.4 is 0 Å². The van der Waals surface area contributed by atoms with E-state index in [4.69, 9.17) is 0 Å². The van der Waals surface area contributed by atoms with E-state index in [1.165, 1.54) is 161 Å². The standard InChI is InChI=1S/C31H62N2/c1-4-7-9-11-13-15-17-19-21-23-25-28-33-30-29-32(27-6-3)31(33)26-24-22-20-18-16-14-12-10-8-5-2/h29-31H,4-28H2,1-3H3. The molecular formula is C31H62N2. The zero-order chi connectivity index (χ0) is 23.8. The highest BCUT2D eigenvalue weighted by Gasteiger charge is 2.24. The van der Waals surface area contributed by atoms with Crippen molar-refractivity contribution in [2.24, 2.45) is 0 Å². The third-order valence-corrected chi connectivity index (χ3v) is 7.53. The van der Waals surface area contributed by atoms with Crippen LogP contribution in [0.25, 0.3) is 0 Å². The van der Waals surface area contributed by atoms with E-state index in [1.807, 2.05) is 0 Å². The van der Waals surface area contributed by atoms with Gasteiger partial charge in [-0.25, -0.2) is 0 Å². The number of hydrogen-bond donors (Lipinski definition) is 0. The minimum absolute atomic E-state index is 0.641. The molecule has 0 fully saturated rings. The zero-order valence-corrected chi connectivity index (χ0v) is 23.3. The molecule has 196 valence electrons. The van der Waals surface area contributed by atoms with Gasteiger partial charge in [0.1, 0.15) is 6.17 Å². The summed E-state index contributed by atoms with van der Waals surface area (Å²) in [6, 6.07) is 0. The molecule has 0 radical (unpaired) electrons. The smallest absolute Gasteiger partial charge is 0.101 e. The first-order chi connectivity index (χ1) is 16.3. The molecule has 0 saturated heterocycles. The fourth-order valence-electron chi connectivity index (χ4n) is 5.37. The highest BCUT2D eigenvalue weighted by atomic mass is 15.4. The van der Waals surface area contributed by atoms with Gasteiger partial charge in [0.05, 0.1) is 0 Å². The van der Waals surface area contributed by atoms with Gasteiger partial charge in [-0.3, -0.25) is 0 Å². The average Bonchev–Trinajstić information content (AvgIpc) is 3.20. The van der Waals surface area contributed by atoms with Gasteiger partial charge in [-0.15, -0.1) is 0 Å². The van der Waals surface area contributed by atoms with E-state index in [0.29, 0.717) is 6.17 Å². The summed E-state index contributed by atoms with van der Waals surface area (Å²) in [4.78, 5) is 5.28. The van der Waals surface area contributed by atoms with Crippen molar-refractivity contribution in [1.82, 2.24) is 9.80 Å². The Balaban J connectivity index is 2.07. The van der Waals surface area contributed by atoms with E-state index < -0.39 is 0 Å². The summed E-state index contributed by atoms with van der Waals surface area (Å²) in [5.41, 5.74) is 0. The van der Waals surface area contributed by atoms with Gasteiger partial charge >= 0.3 is 0 Å². The van der Waals surface area contributed by atoms with Crippen molar-refractivity contribution in [3.8, 4) is 0 Å². The van der Waals surface area contributed by atoms with Gasteiger partial charge in [0.15, 0.2) is 0 Å². The second-order valence-electron chi connectivity index (χ2n) is 10.8. The van der Waals surface area contributed by atoms with Gasteiger partial charge in [0, 0.05) is 25.5 Å². The highest BCUT2D eigenvalue weighted by Crippen LogP contribution is 2.23. The van der Waals surface area contributed by atoms with Crippen molar-refractivity contribution < 1.29 is 0 Å². The lowest BCUT2D eigenvalue weighted by molar-refractivity contribution is 0.137. The lowest BCUT2D eigenvalue weighted by atomic mass is 10.0. The van der Waals surface area contributed by atoms with Crippen LogP contribution in [-0.2, 0) is 0 Å². The maximum atomic E-state index is 2.66. The third kappa shape index (κ3) is 16.6. The van der Waals surface area contributed by atoms with Crippen LogP contribution in [0.3, 0.4) is 0 Å². The van der Waals surface area contributed by atoms with Crippen molar-refractivity contribution in [1.29, 1.82) is 0 Å². The number of nitrogens with zero attached hydrogens (tertiary/aromatic N) is 2. The molecule has 0 spiro atoms. The number of hydrogen-bond acceptors (Lipinski definition) is 2. The summed E-state index contributed by atoms with van der Waals surface area (Å²) in [5.74, 6) is 0. The fourth-order valence-corrected chi connectivity index (χ4v) is 5.37. The lowest BCUT2D eigenvalue weighted by Crippen LogP contribution is -2.39. The summed E-state index contributed by atoms with van der Waals surface area (Å²) >= 11 is 0. The Morgan fingerprint density at radius 2 is 0.758 bits per heavy atom. The van der Waals surface area contributed by atoms with Gasteiger partial charge in [0.2, 0.25) is 0 Å². The SMILES string of the molecule is CCCCCCCCCCCCCN1C=CN(CCC)C1CCCCCCCCCCCC. The summed E-state index contributed by atoms with van der Waals surface area (Å²) in [6.45, 7) is 9.40. The normalized spacial score (nSPS) is 15.8. The molecule has 2 nitrogen and oxygen atoms in total. The summed E-state index contributed by atoms with van der Waals surface area (Å²) < 4.78 is 0. The Labute approximate surface area is 210 Å². The molecular weight excluding hydrogens is 400 g/mol. The Hall–Kier alpha value is -0.660. The third-order valence-electron chi connectivity index (χ3n) is 7.53. The molecule has 33 heavy (non-hydrogen) atoms. The molecule has 1 heterocycles. The maximum Gasteiger partial charge on any atom is 0.101 e. The number of unbranched alkanes of at least 4 members (excludes halogenated alkanes) is 19. The molecule has 0 aromatic rings. The van der Waals surface area contributed by atoms with Crippen LogP contribution in [0.5, 0.6) is 0 Å². The first-order valence-corrected chi connectivity index (χ1v) is 15.5. The molecule has 1 atom stereocenters. The summed E-state index contributed by atoms with van der Waals surface area (Å²) in [5, 5.41) is 0. The minimum atomic E-state index is 0.641. The van der Waals surface area contributed by atoms with E-state index in [9.17, 15) is 0 Å². The van der Waals surface area contributed by atoms with Crippen molar-refractivity contribution in [2.45, 2.75) is 175 Å². The number of rotatable bonds is 25. The van der Waals surface area contributed by atoms with E-state index >= 15 is 0 Å².